The van der Waals surface area contributed by atoms with Gasteiger partial charge in [0.15, 0.2) is 17.4 Å². The summed E-state index contributed by atoms with van der Waals surface area (Å²) in [5.74, 6) is -2.96. The summed E-state index contributed by atoms with van der Waals surface area (Å²) in [4.78, 5) is 3.71. The Labute approximate surface area is 102 Å². The van der Waals surface area contributed by atoms with E-state index in [1.54, 1.807) is 0 Å². The SMILES string of the molecule is NCc1nc(-c2c(O)c(F)cc(Br)c2F)no1. The maximum absolute atomic E-state index is 13.7. The van der Waals surface area contributed by atoms with E-state index < -0.39 is 22.9 Å². The summed E-state index contributed by atoms with van der Waals surface area (Å²) in [6.45, 7) is -0.0358. The molecule has 17 heavy (non-hydrogen) atoms. The second-order valence-corrected chi connectivity index (χ2v) is 3.95. The van der Waals surface area contributed by atoms with E-state index in [1.165, 1.54) is 0 Å². The van der Waals surface area contributed by atoms with Gasteiger partial charge in [-0.05, 0) is 22.0 Å². The van der Waals surface area contributed by atoms with Gasteiger partial charge in [-0.1, -0.05) is 5.16 Å². The van der Waals surface area contributed by atoms with Gasteiger partial charge >= 0.3 is 0 Å². The molecule has 0 aliphatic rings. The first-order valence-corrected chi connectivity index (χ1v) is 5.23. The molecule has 5 nitrogen and oxygen atoms in total. The normalized spacial score (nSPS) is 10.8. The van der Waals surface area contributed by atoms with E-state index in [0.29, 0.717) is 0 Å². The molecule has 1 heterocycles. The van der Waals surface area contributed by atoms with Gasteiger partial charge in [0.2, 0.25) is 11.7 Å². The van der Waals surface area contributed by atoms with E-state index in [0.717, 1.165) is 6.07 Å². The average Bonchev–Trinajstić information content (AvgIpc) is 2.75. The third-order valence-corrected chi connectivity index (χ3v) is 2.59. The summed E-state index contributed by atoms with van der Waals surface area (Å²) < 4.78 is 31.5. The molecule has 0 atom stereocenters. The first-order chi connectivity index (χ1) is 8.04. The molecule has 0 unspecified atom stereocenters. The van der Waals surface area contributed by atoms with Crippen molar-refractivity contribution in [3.8, 4) is 17.1 Å². The Hall–Kier alpha value is -1.54. The van der Waals surface area contributed by atoms with Gasteiger partial charge in [0, 0.05) is 0 Å². The van der Waals surface area contributed by atoms with Crippen molar-refractivity contribution >= 4 is 15.9 Å². The molecule has 0 aliphatic heterocycles. The monoisotopic (exact) mass is 305 g/mol. The van der Waals surface area contributed by atoms with Crippen LogP contribution in [0.2, 0.25) is 0 Å². The Balaban J connectivity index is 2.65. The van der Waals surface area contributed by atoms with Gasteiger partial charge in [-0.3, -0.25) is 0 Å². The van der Waals surface area contributed by atoms with Crippen LogP contribution in [-0.2, 0) is 6.54 Å². The number of aromatic hydroxyl groups is 1. The average molecular weight is 306 g/mol. The molecule has 0 amide bonds. The number of aromatic nitrogens is 2. The van der Waals surface area contributed by atoms with E-state index in [2.05, 4.69) is 30.6 Å². The summed E-state index contributed by atoms with van der Waals surface area (Å²) in [7, 11) is 0. The van der Waals surface area contributed by atoms with Crippen LogP contribution in [0.15, 0.2) is 15.1 Å². The van der Waals surface area contributed by atoms with Gasteiger partial charge in [-0.15, -0.1) is 0 Å². The lowest BCUT2D eigenvalue weighted by Gasteiger charge is -2.04. The Kier molecular flexibility index (Phi) is 3.07. The lowest BCUT2D eigenvalue weighted by atomic mass is 10.1. The summed E-state index contributed by atoms with van der Waals surface area (Å²) in [6.07, 6.45) is 0. The first kappa shape index (κ1) is 11.9. The largest absolute Gasteiger partial charge is 0.504 e. The minimum atomic E-state index is -0.993. The summed E-state index contributed by atoms with van der Waals surface area (Å²) >= 11 is 2.82. The molecule has 1 aromatic carbocycles. The van der Waals surface area contributed by atoms with Gasteiger partial charge in [0.25, 0.3) is 0 Å². The van der Waals surface area contributed by atoms with Crippen LogP contribution in [0.25, 0.3) is 11.4 Å². The molecule has 0 saturated heterocycles. The van der Waals surface area contributed by atoms with Crippen LogP contribution in [0, 0.1) is 11.6 Å². The van der Waals surface area contributed by atoms with E-state index in [1.807, 2.05) is 0 Å². The Morgan fingerprint density at radius 3 is 2.76 bits per heavy atom. The molecular formula is C9H6BrF2N3O2. The highest BCUT2D eigenvalue weighted by atomic mass is 79.9. The zero-order chi connectivity index (χ0) is 12.6. The van der Waals surface area contributed by atoms with Crippen molar-refractivity contribution in [2.24, 2.45) is 5.73 Å². The Bertz CT molecular complexity index is 547. The predicted octanol–water partition coefficient (Wildman–Crippen LogP) is 1.94. The number of nitrogens with two attached hydrogens (primary N) is 1. The second kappa shape index (κ2) is 4.38. The van der Waals surface area contributed by atoms with E-state index in [-0.39, 0.29) is 22.7 Å². The molecule has 1 aromatic heterocycles. The summed E-state index contributed by atoms with van der Waals surface area (Å²) in [5.41, 5.74) is 4.77. The van der Waals surface area contributed by atoms with E-state index in [4.69, 9.17) is 5.73 Å². The van der Waals surface area contributed by atoms with Gasteiger partial charge < -0.3 is 15.4 Å². The van der Waals surface area contributed by atoms with Crippen molar-refractivity contribution in [2.45, 2.75) is 6.54 Å². The molecule has 2 rings (SSSR count). The fourth-order valence-electron chi connectivity index (χ4n) is 1.23. The maximum Gasteiger partial charge on any atom is 0.240 e. The lowest BCUT2D eigenvalue weighted by molar-refractivity contribution is 0.379. The number of phenols is 1. The van der Waals surface area contributed by atoms with Crippen molar-refractivity contribution < 1.29 is 18.4 Å². The number of hydrogen-bond acceptors (Lipinski definition) is 5. The smallest absolute Gasteiger partial charge is 0.240 e. The molecule has 0 saturated carbocycles. The number of rotatable bonds is 2. The fourth-order valence-corrected chi connectivity index (χ4v) is 1.63. The zero-order valence-corrected chi connectivity index (χ0v) is 9.83. The summed E-state index contributed by atoms with van der Waals surface area (Å²) in [6, 6.07) is 0.804. The van der Waals surface area contributed by atoms with Crippen LogP contribution in [0.5, 0.6) is 5.75 Å². The molecule has 3 N–H and O–H groups in total. The molecule has 0 bridgehead atoms. The highest BCUT2D eigenvalue weighted by molar-refractivity contribution is 9.10. The van der Waals surface area contributed by atoms with E-state index in [9.17, 15) is 13.9 Å². The zero-order valence-electron chi connectivity index (χ0n) is 8.25. The molecular weight excluding hydrogens is 300 g/mol. The second-order valence-electron chi connectivity index (χ2n) is 3.09. The molecule has 90 valence electrons. The van der Waals surface area contributed by atoms with Crippen molar-refractivity contribution in [1.29, 1.82) is 0 Å². The predicted molar refractivity (Wildman–Crippen MR) is 56.9 cm³/mol. The van der Waals surface area contributed by atoms with Crippen LogP contribution in [-0.4, -0.2) is 15.2 Å². The van der Waals surface area contributed by atoms with Crippen molar-refractivity contribution in [1.82, 2.24) is 10.1 Å². The third kappa shape index (κ3) is 2.01. The minimum absolute atomic E-state index is 0.0358. The highest BCUT2D eigenvalue weighted by Crippen LogP contribution is 2.36. The number of phenolic OH excluding ortho intramolecular Hbond substituents is 1. The quantitative estimate of drug-likeness (QED) is 0.828. The Morgan fingerprint density at radius 2 is 2.18 bits per heavy atom. The maximum atomic E-state index is 13.7. The van der Waals surface area contributed by atoms with Gasteiger partial charge in [-0.25, -0.2) is 8.78 Å². The first-order valence-electron chi connectivity index (χ1n) is 4.44. The molecule has 0 aliphatic carbocycles. The van der Waals surface area contributed by atoms with Crippen molar-refractivity contribution in [3.63, 3.8) is 0 Å². The van der Waals surface area contributed by atoms with Crippen molar-refractivity contribution in [3.05, 3.63) is 28.1 Å². The molecule has 8 heteroatoms. The standard InChI is InChI=1S/C9H6BrF2N3O2/c10-3-1-4(11)8(16)6(7(3)12)9-14-5(2-13)17-15-9/h1,16H,2,13H2. The van der Waals surface area contributed by atoms with Crippen LogP contribution in [0.1, 0.15) is 5.89 Å². The van der Waals surface area contributed by atoms with Gasteiger partial charge in [-0.2, -0.15) is 4.98 Å². The fraction of sp³-hybridized carbons (Fsp3) is 0.111. The lowest BCUT2D eigenvalue weighted by Crippen LogP contribution is -1.96. The van der Waals surface area contributed by atoms with Crippen LogP contribution in [0.4, 0.5) is 8.78 Å². The highest BCUT2D eigenvalue weighted by Gasteiger charge is 2.22. The minimum Gasteiger partial charge on any atom is -0.504 e. The van der Waals surface area contributed by atoms with Gasteiger partial charge in [0.1, 0.15) is 5.56 Å². The van der Waals surface area contributed by atoms with Crippen LogP contribution >= 0.6 is 15.9 Å². The number of nitrogens with zero attached hydrogens (tertiary/aromatic N) is 2. The van der Waals surface area contributed by atoms with Crippen LogP contribution < -0.4 is 5.73 Å². The third-order valence-electron chi connectivity index (χ3n) is 2.01. The number of halogens is 3. The molecule has 2 aromatic rings. The van der Waals surface area contributed by atoms with E-state index >= 15 is 0 Å². The topological polar surface area (TPSA) is 85.2 Å². The summed E-state index contributed by atoms with van der Waals surface area (Å²) in [5, 5.41) is 12.9. The molecule has 0 radical (unpaired) electrons. The number of benzene rings is 1. The number of hydrogen-bond donors (Lipinski definition) is 2. The Morgan fingerprint density at radius 1 is 1.47 bits per heavy atom. The van der Waals surface area contributed by atoms with Gasteiger partial charge in [0.05, 0.1) is 11.0 Å². The molecule has 0 spiro atoms. The van der Waals surface area contributed by atoms with Crippen LogP contribution in [0.3, 0.4) is 0 Å². The van der Waals surface area contributed by atoms with Crippen molar-refractivity contribution in [2.75, 3.05) is 0 Å². The molecule has 0 fully saturated rings.